The lowest BCUT2D eigenvalue weighted by Crippen LogP contribution is -2.45. The molecule has 75 valence electrons. The largest absolute Gasteiger partial charge is 0.302 e. The fraction of sp³-hybridized carbons (Fsp3) is 0.909. The van der Waals surface area contributed by atoms with Crippen LogP contribution >= 0.6 is 0 Å². The van der Waals surface area contributed by atoms with E-state index in [9.17, 15) is 0 Å². The predicted octanol–water partition coefficient (Wildman–Crippen LogP) is 1.73. The third-order valence-electron chi connectivity index (χ3n) is 3.46. The van der Waals surface area contributed by atoms with Gasteiger partial charge < -0.3 is 9.80 Å². The molecule has 0 bridgehead atoms. The highest BCUT2D eigenvalue weighted by atomic mass is 15.2. The van der Waals surface area contributed by atoms with Crippen LogP contribution in [0.5, 0.6) is 0 Å². The fourth-order valence-electron chi connectivity index (χ4n) is 2.57. The van der Waals surface area contributed by atoms with E-state index in [1.807, 2.05) is 0 Å². The Morgan fingerprint density at radius 2 is 1.46 bits per heavy atom. The van der Waals surface area contributed by atoms with Crippen LogP contribution in [0.15, 0.2) is 0 Å². The highest BCUT2D eigenvalue weighted by Gasteiger charge is 2.23. The summed E-state index contributed by atoms with van der Waals surface area (Å²) in [4.78, 5) is 4.91. The molecule has 2 fully saturated rings. The Morgan fingerprint density at radius 3 is 2.08 bits per heavy atom. The molecule has 2 saturated heterocycles. The minimum absolute atomic E-state index is 0.873. The number of rotatable bonds is 1. The van der Waals surface area contributed by atoms with Gasteiger partial charge in [-0.25, -0.2) is 0 Å². The second-order valence-electron chi connectivity index (χ2n) is 4.45. The van der Waals surface area contributed by atoms with Crippen LogP contribution in [0.1, 0.15) is 32.1 Å². The summed E-state index contributed by atoms with van der Waals surface area (Å²) in [5.41, 5.74) is 0. The Labute approximate surface area is 81.9 Å². The van der Waals surface area contributed by atoms with Gasteiger partial charge in [0.05, 0.1) is 0 Å². The first-order valence-electron chi connectivity index (χ1n) is 5.66. The highest BCUT2D eigenvalue weighted by molar-refractivity contribution is 4.81. The monoisotopic (exact) mass is 181 g/mol. The summed E-state index contributed by atoms with van der Waals surface area (Å²) in [7, 11) is 3.99. The lowest BCUT2D eigenvalue weighted by atomic mass is 10.0. The van der Waals surface area contributed by atoms with Crippen molar-refractivity contribution < 1.29 is 0 Å². The summed E-state index contributed by atoms with van der Waals surface area (Å²) in [5.74, 6) is 0. The van der Waals surface area contributed by atoms with Crippen molar-refractivity contribution in [2.24, 2.45) is 0 Å². The summed E-state index contributed by atoms with van der Waals surface area (Å²) >= 11 is 0. The molecule has 2 heterocycles. The van der Waals surface area contributed by atoms with Gasteiger partial charge in [-0.2, -0.15) is 0 Å². The molecule has 2 nitrogen and oxygen atoms in total. The predicted molar refractivity (Wildman–Crippen MR) is 55.4 cm³/mol. The van der Waals surface area contributed by atoms with E-state index in [4.69, 9.17) is 0 Å². The molecule has 0 aromatic rings. The molecule has 2 heteroatoms. The van der Waals surface area contributed by atoms with Crippen molar-refractivity contribution in [3.63, 3.8) is 0 Å². The normalized spacial score (nSPS) is 29.3. The molecule has 0 amide bonds. The molecule has 13 heavy (non-hydrogen) atoms. The smallest absolute Gasteiger partial charge is 0.0120 e. The molecule has 2 rings (SSSR count). The van der Waals surface area contributed by atoms with Crippen LogP contribution in [0, 0.1) is 7.05 Å². The standard InChI is InChI=1S/C11H21N2/c1-12-9-5-11(6-10-12)13-7-3-2-4-8-13/h11H,1-10H2. The molecule has 0 saturated carbocycles. The van der Waals surface area contributed by atoms with Gasteiger partial charge in [-0.1, -0.05) is 6.42 Å². The first-order valence-corrected chi connectivity index (χ1v) is 5.66. The van der Waals surface area contributed by atoms with Crippen molar-refractivity contribution in [1.82, 2.24) is 9.80 Å². The Balaban J connectivity index is 1.79. The van der Waals surface area contributed by atoms with E-state index in [0.717, 1.165) is 6.04 Å². The summed E-state index contributed by atoms with van der Waals surface area (Å²) in [6.07, 6.45) is 6.97. The summed E-state index contributed by atoms with van der Waals surface area (Å²) in [6, 6.07) is 0.873. The van der Waals surface area contributed by atoms with E-state index in [2.05, 4.69) is 16.8 Å². The summed E-state index contributed by atoms with van der Waals surface area (Å²) in [5, 5.41) is 0. The minimum atomic E-state index is 0.873. The lowest BCUT2D eigenvalue weighted by Gasteiger charge is -2.39. The van der Waals surface area contributed by atoms with Gasteiger partial charge in [-0.05, 0) is 51.9 Å². The highest BCUT2D eigenvalue weighted by Crippen LogP contribution is 2.20. The van der Waals surface area contributed by atoms with Crippen molar-refractivity contribution in [2.45, 2.75) is 38.1 Å². The molecule has 2 aliphatic heterocycles. The molecule has 0 aliphatic carbocycles. The molecule has 2 aliphatic rings. The van der Waals surface area contributed by atoms with Crippen molar-refractivity contribution in [1.29, 1.82) is 0 Å². The third kappa shape index (κ3) is 2.44. The van der Waals surface area contributed by atoms with Gasteiger partial charge >= 0.3 is 0 Å². The maximum absolute atomic E-state index is 3.99. The summed E-state index contributed by atoms with van der Waals surface area (Å²) < 4.78 is 0. The van der Waals surface area contributed by atoms with Crippen LogP contribution in [0.3, 0.4) is 0 Å². The Bertz CT molecular complexity index is 144. The topological polar surface area (TPSA) is 6.48 Å². The third-order valence-corrected chi connectivity index (χ3v) is 3.46. The Kier molecular flexibility index (Phi) is 3.23. The van der Waals surface area contributed by atoms with E-state index < -0.39 is 0 Å². The molecule has 0 aromatic heterocycles. The molecular formula is C11H21N2. The zero-order valence-corrected chi connectivity index (χ0v) is 8.54. The van der Waals surface area contributed by atoms with Crippen molar-refractivity contribution in [3.8, 4) is 0 Å². The lowest BCUT2D eigenvalue weighted by molar-refractivity contribution is 0.108. The maximum atomic E-state index is 3.99. The van der Waals surface area contributed by atoms with Crippen LogP contribution < -0.4 is 0 Å². The van der Waals surface area contributed by atoms with Gasteiger partial charge in [0, 0.05) is 13.1 Å². The average Bonchev–Trinajstić information content (AvgIpc) is 2.20. The van der Waals surface area contributed by atoms with E-state index in [0.29, 0.717) is 0 Å². The number of hydrogen-bond donors (Lipinski definition) is 0. The number of likely N-dealkylation sites (tertiary alicyclic amines) is 2. The van der Waals surface area contributed by atoms with Crippen LogP contribution in [0.2, 0.25) is 0 Å². The van der Waals surface area contributed by atoms with Crippen molar-refractivity contribution >= 4 is 0 Å². The second-order valence-corrected chi connectivity index (χ2v) is 4.45. The molecule has 0 N–H and O–H groups in total. The van der Waals surface area contributed by atoms with Crippen molar-refractivity contribution in [3.05, 3.63) is 7.05 Å². The molecule has 1 radical (unpaired) electrons. The van der Waals surface area contributed by atoms with Gasteiger partial charge in [0.1, 0.15) is 0 Å². The number of hydrogen-bond acceptors (Lipinski definition) is 2. The number of nitrogens with zero attached hydrogens (tertiary/aromatic N) is 2. The zero-order chi connectivity index (χ0) is 9.10. The van der Waals surface area contributed by atoms with Crippen LogP contribution in [0.4, 0.5) is 0 Å². The van der Waals surface area contributed by atoms with Gasteiger partial charge in [0.25, 0.3) is 0 Å². The van der Waals surface area contributed by atoms with E-state index >= 15 is 0 Å². The van der Waals surface area contributed by atoms with Gasteiger partial charge in [-0.3, -0.25) is 0 Å². The first kappa shape index (κ1) is 9.47. The quantitative estimate of drug-likeness (QED) is 0.608. The molecule has 0 spiro atoms. The van der Waals surface area contributed by atoms with Gasteiger partial charge in [0.2, 0.25) is 0 Å². The minimum Gasteiger partial charge on any atom is -0.302 e. The molecule has 0 atom stereocenters. The second kappa shape index (κ2) is 4.43. The summed E-state index contributed by atoms with van der Waals surface area (Å²) in [6.45, 7) is 5.09. The number of piperidine rings is 2. The van der Waals surface area contributed by atoms with Gasteiger partial charge in [0.15, 0.2) is 0 Å². The average molecular weight is 181 g/mol. The Morgan fingerprint density at radius 1 is 0.846 bits per heavy atom. The molecule has 0 aromatic carbocycles. The first-order chi connectivity index (χ1) is 6.36. The van der Waals surface area contributed by atoms with Crippen LogP contribution in [0.25, 0.3) is 0 Å². The van der Waals surface area contributed by atoms with Crippen molar-refractivity contribution in [2.75, 3.05) is 26.2 Å². The maximum Gasteiger partial charge on any atom is 0.0120 e. The molecule has 0 unspecified atom stereocenters. The zero-order valence-electron chi connectivity index (χ0n) is 8.54. The van der Waals surface area contributed by atoms with E-state index in [1.165, 1.54) is 58.3 Å². The Hall–Kier alpha value is -0.0800. The SMILES string of the molecule is [CH2]N1CCC(N2CCCCC2)CC1. The van der Waals surface area contributed by atoms with Gasteiger partial charge in [-0.15, -0.1) is 0 Å². The van der Waals surface area contributed by atoms with Crippen LogP contribution in [-0.4, -0.2) is 42.0 Å². The fourth-order valence-corrected chi connectivity index (χ4v) is 2.57. The molecular weight excluding hydrogens is 160 g/mol. The van der Waals surface area contributed by atoms with E-state index in [-0.39, 0.29) is 0 Å². The van der Waals surface area contributed by atoms with E-state index in [1.54, 1.807) is 0 Å². The van der Waals surface area contributed by atoms with Crippen LogP contribution in [-0.2, 0) is 0 Å².